The van der Waals surface area contributed by atoms with Crippen molar-refractivity contribution < 1.29 is 8.42 Å². The lowest BCUT2D eigenvalue weighted by Gasteiger charge is -2.21. The van der Waals surface area contributed by atoms with Crippen molar-refractivity contribution >= 4 is 37.3 Å². The number of rotatable bonds is 4. The van der Waals surface area contributed by atoms with E-state index in [0.29, 0.717) is 21.1 Å². The molecule has 100 valence electrons. The van der Waals surface area contributed by atoms with Gasteiger partial charge in [-0.2, -0.15) is 0 Å². The maximum Gasteiger partial charge on any atom is 0.251 e. The van der Waals surface area contributed by atoms with E-state index in [1.165, 1.54) is 37.0 Å². The Kier molecular flexibility index (Phi) is 3.55. The molecule has 1 N–H and O–H groups in total. The molecule has 3 rings (SSSR count). The van der Waals surface area contributed by atoms with Crippen LogP contribution >= 0.6 is 27.3 Å². The fourth-order valence-corrected chi connectivity index (χ4v) is 6.86. The highest BCUT2D eigenvalue weighted by molar-refractivity contribution is 9.10. The summed E-state index contributed by atoms with van der Waals surface area (Å²) >= 11 is 4.54. The van der Waals surface area contributed by atoms with Gasteiger partial charge in [-0.05, 0) is 64.4 Å². The molecule has 0 aromatic carbocycles. The Labute approximate surface area is 120 Å². The Morgan fingerprint density at radius 1 is 1.39 bits per heavy atom. The predicted molar refractivity (Wildman–Crippen MR) is 76.1 cm³/mol. The van der Waals surface area contributed by atoms with E-state index in [4.69, 9.17) is 0 Å². The fraction of sp³-hybridized carbons (Fsp3) is 0.667. The summed E-state index contributed by atoms with van der Waals surface area (Å²) in [6.45, 7) is 0.605. The first-order valence-electron chi connectivity index (χ1n) is 6.29. The topological polar surface area (TPSA) is 46.2 Å². The van der Waals surface area contributed by atoms with Gasteiger partial charge in [0.05, 0.1) is 0 Å². The number of sulfonamides is 1. The van der Waals surface area contributed by atoms with Gasteiger partial charge in [-0.1, -0.05) is 6.42 Å². The van der Waals surface area contributed by atoms with E-state index >= 15 is 0 Å². The van der Waals surface area contributed by atoms with Crippen LogP contribution in [0.1, 0.15) is 25.7 Å². The molecule has 3 atom stereocenters. The van der Waals surface area contributed by atoms with Gasteiger partial charge in [0, 0.05) is 11.0 Å². The minimum atomic E-state index is -3.33. The molecule has 2 aliphatic rings. The lowest BCUT2D eigenvalue weighted by Crippen LogP contribution is -2.31. The van der Waals surface area contributed by atoms with Crippen molar-refractivity contribution in [2.75, 3.05) is 6.54 Å². The maximum atomic E-state index is 12.1. The lowest BCUT2D eigenvalue weighted by atomic mass is 9.89. The van der Waals surface area contributed by atoms with Crippen molar-refractivity contribution in [1.29, 1.82) is 0 Å². The minimum Gasteiger partial charge on any atom is -0.210 e. The van der Waals surface area contributed by atoms with Crippen LogP contribution in [0.5, 0.6) is 0 Å². The monoisotopic (exact) mass is 349 g/mol. The van der Waals surface area contributed by atoms with E-state index in [1.54, 1.807) is 11.4 Å². The second kappa shape index (κ2) is 4.89. The van der Waals surface area contributed by atoms with Crippen LogP contribution in [-0.4, -0.2) is 15.0 Å². The molecular weight excluding hydrogens is 334 g/mol. The van der Waals surface area contributed by atoms with Gasteiger partial charge in [0.1, 0.15) is 4.21 Å². The van der Waals surface area contributed by atoms with Crippen LogP contribution in [0.3, 0.4) is 0 Å². The van der Waals surface area contributed by atoms with Crippen LogP contribution in [-0.2, 0) is 10.0 Å². The van der Waals surface area contributed by atoms with Crippen LogP contribution in [0.4, 0.5) is 0 Å². The van der Waals surface area contributed by atoms with Crippen LogP contribution in [0, 0.1) is 17.8 Å². The van der Waals surface area contributed by atoms with Gasteiger partial charge in [0.15, 0.2) is 0 Å². The van der Waals surface area contributed by atoms with Crippen molar-refractivity contribution in [2.45, 2.75) is 29.9 Å². The molecule has 1 aromatic heterocycles. The van der Waals surface area contributed by atoms with Gasteiger partial charge in [0.2, 0.25) is 0 Å². The van der Waals surface area contributed by atoms with Crippen LogP contribution in [0.25, 0.3) is 0 Å². The summed E-state index contributed by atoms with van der Waals surface area (Å²) in [5.74, 6) is 2.17. The molecular formula is C12H16BrNO2S2. The summed E-state index contributed by atoms with van der Waals surface area (Å²) in [6, 6.07) is 1.77. The van der Waals surface area contributed by atoms with Gasteiger partial charge in [-0.15, -0.1) is 11.3 Å². The summed E-state index contributed by atoms with van der Waals surface area (Å²) < 4.78 is 28.1. The maximum absolute atomic E-state index is 12.1. The van der Waals surface area contributed by atoms with Gasteiger partial charge in [-0.25, -0.2) is 13.1 Å². The number of hydrogen-bond donors (Lipinski definition) is 1. The largest absolute Gasteiger partial charge is 0.251 e. The van der Waals surface area contributed by atoms with Gasteiger partial charge >= 0.3 is 0 Å². The van der Waals surface area contributed by atoms with Crippen molar-refractivity contribution in [3.8, 4) is 0 Å². The van der Waals surface area contributed by atoms with Crippen molar-refractivity contribution in [3.63, 3.8) is 0 Å². The molecule has 1 heterocycles. The molecule has 3 nitrogen and oxygen atoms in total. The zero-order chi connectivity index (χ0) is 12.8. The highest BCUT2D eigenvalue weighted by Crippen LogP contribution is 2.48. The molecule has 6 heteroatoms. The SMILES string of the molecule is O=S(=O)(NCC1CC2CCC1C2)c1sccc1Br. The average Bonchev–Trinajstić information content (AvgIpc) is 3.01. The van der Waals surface area contributed by atoms with Crippen LogP contribution in [0.15, 0.2) is 20.1 Å². The summed E-state index contributed by atoms with van der Waals surface area (Å²) in [5, 5.41) is 1.79. The van der Waals surface area contributed by atoms with Gasteiger partial charge < -0.3 is 0 Å². The standard InChI is InChI=1S/C12H16BrNO2S2/c13-11-3-4-17-12(11)18(15,16)14-7-10-6-8-1-2-9(10)5-8/h3-4,8-10,14H,1-2,5-7H2. The molecule has 2 saturated carbocycles. The summed E-state index contributed by atoms with van der Waals surface area (Å²) in [4.78, 5) is 0. The average molecular weight is 350 g/mol. The van der Waals surface area contributed by atoms with E-state index in [-0.39, 0.29) is 0 Å². The normalized spacial score (nSPS) is 31.1. The summed E-state index contributed by atoms with van der Waals surface area (Å²) in [7, 11) is -3.33. The van der Waals surface area contributed by atoms with Crippen molar-refractivity contribution in [2.24, 2.45) is 17.8 Å². The van der Waals surface area contributed by atoms with E-state index in [0.717, 1.165) is 11.8 Å². The molecule has 3 unspecified atom stereocenters. The predicted octanol–water partition coefficient (Wildman–Crippen LogP) is 3.23. The summed E-state index contributed by atoms with van der Waals surface area (Å²) in [5.41, 5.74) is 0. The Balaban J connectivity index is 1.65. The number of fused-ring (bicyclic) bond motifs is 2. The molecule has 1 aromatic rings. The fourth-order valence-electron chi connectivity index (χ4n) is 3.38. The third-order valence-electron chi connectivity index (χ3n) is 4.25. The second-order valence-electron chi connectivity index (χ2n) is 5.34. The number of nitrogens with one attached hydrogen (secondary N) is 1. The molecule has 2 fully saturated rings. The highest BCUT2D eigenvalue weighted by atomic mass is 79.9. The Morgan fingerprint density at radius 2 is 2.22 bits per heavy atom. The third kappa shape index (κ3) is 2.40. The Hall–Kier alpha value is 0.0900. The van der Waals surface area contributed by atoms with Crippen molar-refractivity contribution in [1.82, 2.24) is 4.72 Å². The summed E-state index contributed by atoms with van der Waals surface area (Å²) in [6.07, 6.45) is 5.16. The third-order valence-corrected chi connectivity index (χ3v) is 8.34. The van der Waals surface area contributed by atoms with E-state index in [1.807, 2.05) is 0 Å². The number of hydrogen-bond acceptors (Lipinski definition) is 3. The Bertz CT molecular complexity index is 540. The molecule has 0 radical (unpaired) electrons. The molecule has 18 heavy (non-hydrogen) atoms. The zero-order valence-corrected chi connectivity index (χ0v) is 13.2. The molecule has 0 saturated heterocycles. The van der Waals surface area contributed by atoms with Gasteiger partial charge in [-0.3, -0.25) is 0 Å². The van der Waals surface area contributed by atoms with E-state index < -0.39 is 10.0 Å². The van der Waals surface area contributed by atoms with E-state index in [2.05, 4.69) is 20.7 Å². The molecule has 0 aliphatic heterocycles. The first-order valence-corrected chi connectivity index (χ1v) is 9.44. The molecule has 0 amide bonds. The quantitative estimate of drug-likeness (QED) is 0.906. The molecule has 2 bridgehead atoms. The van der Waals surface area contributed by atoms with Gasteiger partial charge in [0.25, 0.3) is 10.0 Å². The highest BCUT2D eigenvalue weighted by Gasteiger charge is 2.39. The first-order chi connectivity index (χ1) is 8.56. The van der Waals surface area contributed by atoms with E-state index in [9.17, 15) is 8.42 Å². The zero-order valence-electron chi connectivity index (χ0n) is 9.93. The Morgan fingerprint density at radius 3 is 2.78 bits per heavy atom. The first kappa shape index (κ1) is 13.1. The smallest absolute Gasteiger partial charge is 0.210 e. The van der Waals surface area contributed by atoms with Crippen LogP contribution in [0.2, 0.25) is 0 Å². The number of thiophene rings is 1. The van der Waals surface area contributed by atoms with Crippen LogP contribution < -0.4 is 4.72 Å². The second-order valence-corrected chi connectivity index (χ2v) is 9.08. The molecule has 2 aliphatic carbocycles. The lowest BCUT2D eigenvalue weighted by molar-refractivity contribution is 0.333. The number of halogens is 1. The minimum absolute atomic E-state index is 0.394. The molecule has 0 spiro atoms. The van der Waals surface area contributed by atoms with Crippen molar-refractivity contribution in [3.05, 3.63) is 15.9 Å².